The monoisotopic (exact) mass is 298 g/mol. The standard InChI is InChI=1S/C19H22O3/c1-2-21-19(20)16-13-17(14-9-5-3-6-10-14)22-18(16)15-11-7-4-8-12-15/h3,5-6,9-10,13,15H,2,4,7-8,11-12H2,1H3. The predicted molar refractivity (Wildman–Crippen MR) is 85.9 cm³/mol. The maximum Gasteiger partial charge on any atom is 0.341 e. The molecule has 3 nitrogen and oxygen atoms in total. The van der Waals surface area contributed by atoms with Gasteiger partial charge in [-0.15, -0.1) is 0 Å². The summed E-state index contributed by atoms with van der Waals surface area (Å²) in [5.41, 5.74) is 1.60. The summed E-state index contributed by atoms with van der Waals surface area (Å²) in [5, 5.41) is 0. The fourth-order valence-electron chi connectivity index (χ4n) is 3.19. The third-order valence-electron chi connectivity index (χ3n) is 4.29. The predicted octanol–water partition coefficient (Wildman–Crippen LogP) is 5.17. The molecule has 0 saturated heterocycles. The fourth-order valence-corrected chi connectivity index (χ4v) is 3.19. The molecule has 116 valence electrons. The lowest BCUT2D eigenvalue weighted by molar-refractivity contribution is 0.0522. The van der Waals surface area contributed by atoms with Crippen molar-refractivity contribution in [3.63, 3.8) is 0 Å². The highest BCUT2D eigenvalue weighted by Gasteiger charge is 2.27. The average Bonchev–Trinajstić information content (AvgIpc) is 3.02. The lowest BCUT2D eigenvalue weighted by Gasteiger charge is -2.20. The van der Waals surface area contributed by atoms with E-state index >= 15 is 0 Å². The van der Waals surface area contributed by atoms with Crippen LogP contribution in [0.25, 0.3) is 11.3 Å². The van der Waals surface area contributed by atoms with E-state index < -0.39 is 0 Å². The van der Waals surface area contributed by atoms with E-state index in [0.717, 1.165) is 29.9 Å². The van der Waals surface area contributed by atoms with Crippen molar-refractivity contribution in [3.05, 3.63) is 47.7 Å². The first-order chi connectivity index (χ1) is 10.8. The van der Waals surface area contributed by atoms with Gasteiger partial charge in [-0.05, 0) is 25.8 Å². The molecule has 0 radical (unpaired) electrons. The van der Waals surface area contributed by atoms with E-state index in [1.165, 1.54) is 19.3 Å². The van der Waals surface area contributed by atoms with Crippen molar-refractivity contribution in [3.8, 4) is 11.3 Å². The first kappa shape index (κ1) is 14.9. The topological polar surface area (TPSA) is 39.4 Å². The van der Waals surface area contributed by atoms with Crippen molar-refractivity contribution in [1.82, 2.24) is 0 Å². The van der Waals surface area contributed by atoms with Crippen molar-refractivity contribution < 1.29 is 13.9 Å². The van der Waals surface area contributed by atoms with Crippen LogP contribution in [0.5, 0.6) is 0 Å². The van der Waals surface area contributed by atoms with Gasteiger partial charge in [-0.25, -0.2) is 4.79 Å². The Kier molecular flexibility index (Phi) is 4.62. The van der Waals surface area contributed by atoms with Gasteiger partial charge in [0.15, 0.2) is 0 Å². The Balaban J connectivity index is 1.98. The molecule has 22 heavy (non-hydrogen) atoms. The molecule has 2 aromatic rings. The number of hydrogen-bond donors (Lipinski definition) is 0. The van der Waals surface area contributed by atoms with Gasteiger partial charge in [0, 0.05) is 11.5 Å². The van der Waals surface area contributed by atoms with Crippen LogP contribution in [0.1, 0.15) is 61.1 Å². The van der Waals surface area contributed by atoms with E-state index in [2.05, 4.69) is 0 Å². The van der Waals surface area contributed by atoms with Crippen LogP contribution in [0.15, 0.2) is 40.8 Å². The summed E-state index contributed by atoms with van der Waals surface area (Å²) in [7, 11) is 0. The zero-order chi connectivity index (χ0) is 15.4. The Bertz CT molecular complexity index is 621. The van der Waals surface area contributed by atoms with Crippen LogP contribution >= 0.6 is 0 Å². The van der Waals surface area contributed by atoms with E-state index in [1.807, 2.05) is 43.3 Å². The van der Waals surface area contributed by atoms with Crippen LogP contribution in [0.4, 0.5) is 0 Å². The molecule has 0 spiro atoms. The molecule has 1 fully saturated rings. The zero-order valence-corrected chi connectivity index (χ0v) is 13.0. The number of esters is 1. The number of ether oxygens (including phenoxy) is 1. The van der Waals surface area contributed by atoms with Crippen LogP contribution in [-0.2, 0) is 4.74 Å². The van der Waals surface area contributed by atoms with E-state index in [1.54, 1.807) is 0 Å². The van der Waals surface area contributed by atoms with Crippen molar-refractivity contribution in [1.29, 1.82) is 0 Å². The van der Waals surface area contributed by atoms with E-state index in [9.17, 15) is 4.79 Å². The third-order valence-corrected chi connectivity index (χ3v) is 4.29. The summed E-state index contributed by atoms with van der Waals surface area (Å²) in [6.45, 7) is 2.21. The summed E-state index contributed by atoms with van der Waals surface area (Å²) >= 11 is 0. The molecule has 3 rings (SSSR count). The van der Waals surface area contributed by atoms with Crippen molar-refractivity contribution in [2.45, 2.75) is 44.9 Å². The van der Waals surface area contributed by atoms with Crippen LogP contribution in [0.2, 0.25) is 0 Å². The molecule has 0 amide bonds. The lowest BCUT2D eigenvalue weighted by atomic mass is 9.86. The molecular formula is C19H22O3. The summed E-state index contributed by atoms with van der Waals surface area (Å²) in [4.78, 5) is 12.3. The van der Waals surface area contributed by atoms with Gasteiger partial charge >= 0.3 is 5.97 Å². The lowest BCUT2D eigenvalue weighted by Crippen LogP contribution is -2.11. The minimum Gasteiger partial charge on any atom is -0.462 e. The molecule has 1 aromatic carbocycles. The van der Waals surface area contributed by atoms with Crippen LogP contribution < -0.4 is 0 Å². The van der Waals surface area contributed by atoms with Gasteiger partial charge in [0.2, 0.25) is 0 Å². The SMILES string of the molecule is CCOC(=O)c1cc(-c2ccccc2)oc1C1CCCCC1. The second-order valence-electron chi connectivity index (χ2n) is 5.81. The first-order valence-electron chi connectivity index (χ1n) is 8.16. The average molecular weight is 298 g/mol. The van der Waals surface area contributed by atoms with Crippen molar-refractivity contribution in [2.75, 3.05) is 6.61 Å². The minimum absolute atomic E-state index is 0.269. The first-order valence-corrected chi connectivity index (χ1v) is 8.16. The summed E-state index contributed by atoms with van der Waals surface area (Å²) in [6.07, 6.45) is 5.86. The minimum atomic E-state index is -0.269. The number of carbonyl (C=O) groups excluding carboxylic acids is 1. The molecule has 0 unspecified atom stereocenters. The maximum absolute atomic E-state index is 12.3. The summed E-state index contributed by atoms with van der Waals surface area (Å²) in [6, 6.07) is 11.8. The largest absolute Gasteiger partial charge is 0.462 e. The van der Waals surface area contributed by atoms with Gasteiger partial charge in [0.25, 0.3) is 0 Å². The number of benzene rings is 1. The number of rotatable bonds is 4. The van der Waals surface area contributed by atoms with Gasteiger partial charge in [-0.2, -0.15) is 0 Å². The Morgan fingerprint density at radius 1 is 1.18 bits per heavy atom. The molecule has 1 aliphatic rings. The number of carbonyl (C=O) groups is 1. The number of furan rings is 1. The molecule has 0 aliphatic heterocycles. The van der Waals surface area contributed by atoms with Gasteiger partial charge in [-0.3, -0.25) is 0 Å². The quantitative estimate of drug-likeness (QED) is 0.731. The van der Waals surface area contributed by atoms with Gasteiger partial charge in [0.1, 0.15) is 17.1 Å². The van der Waals surface area contributed by atoms with E-state index in [0.29, 0.717) is 18.1 Å². The van der Waals surface area contributed by atoms with Gasteiger partial charge in [0.05, 0.1) is 6.61 Å². The second kappa shape index (κ2) is 6.82. The smallest absolute Gasteiger partial charge is 0.341 e. The zero-order valence-electron chi connectivity index (χ0n) is 13.0. The van der Waals surface area contributed by atoms with Crippen LogP contribution in [-0.4, -0.2) is 12.6 Å². The van der Waals surface area contributed by atoms with Crippen LogP contribution in [0.3, 0.4) is 0 Å². The fraction of sp³-hybridized carbons (Fsp3) is 0.421. The third kappa shape index (κ3) is 3.08. The molecule has 3 heteroatoms. The Morgan fingerprint density at radius 3 is 2.59 bits per heavy atom. The number of hydrogen-bond acceptors (Lipinski definition) is 3. The Labute approximate surface area is 131 Å². The van der Waals surface area contributed by atoms with E-state index in [4.69, 9.17) is 9.15 Å². The summed E-state index contributed by atoms with van der Waals surface area (Å²) in [5.74, 6) is 1.64. The molecular weight excluding hydrogens is 276 g/mol. The molecule has 1 heterocycles. The highest BCUT2D eigenvalue weighted by molar-refractivity contribution is 5.92. The van der Waals surface area contributed by atoms with Crippen molar-refractivity contribution >= 4 is 5.97 Å². The molecule has 0 bridgehead atoms. The highest BCUT2D eigenvalue weighted by Crippen LogP contribution is 2.38. The molecule has 1 aliphatic carbocycles. The van der Waals surface area contributed by atoms with Crippen molar-refractivity contribution in [2.24, 2.45) is 0 Å². The molecule has 1 saturated carbocycles. The van der Waals surface area contributed by atoms with Gasteiger partial charge < -0.3 is 9.15 Å². The molecule has 0 atom stereocenters. The highest BCUT2D eigenvalue weighted by atomic mass is 16.5. The van der Waals surface area contributed by atoms with Crippen LogP contribution in [0, 0.1) is 0 Å². The normalized spacial score (nSPS) is 15.7. The molecule has 1 aromatic heterocycles. The Hall–Kier alpha value is -2.03. The summed E-state index contributed by atoms with van der Waals surface area (Å²) < 4.78 is 11.3. The maximum atomic E-state index is 12.3. The second-order valence-corrected chi connectivity index (χ2v) is 5.81. The Morgan fingerprint density at radius 2 is 1.91 bits per heavy atom. The molecule has 0 N–H and O–H groups in total. The van der Waals surface area contributed by atoms with E-state index in [-0.39, 0.29) is 5.97 Å². The van der Waals surface area contributed by atoms with Gasteiger partial charge in [-0.1, -0.05) is 49.6 Å².